The van der Waals surface area contributed by atoms with Gasteiger partial charge < -0.3 is 15.0 Å². The number of hydrogen-bond donors (Lipinski definition) is 1. The number of rotatable bonds is 5. The first-order valence-electron chi connectivity index (χ1n) is 5.59. The summed E-state index contributed by atoms with van der Waals surface area (Å²) in [6.45, 7) is 2.35. The smallest absolute Gasteiger partial charge is 0.244 e. The Labute approximate surface area is 104 Å². The lowest BCUT2D eigenvalue weighted by Crippen LogP contribution is -2.13. The Balaban J connectivity index is 2.15. The summed E-state index contributed by atoms with van der Waals surface area (Å²) in [5.74, 6) is 1.46. The van der Waals surface area contributed by atoms with Crippen molar-refractivity contribution in [1.29, 1.82) is 0 Å². The molecule has 96 valence electrons. The second kappa shape index (κ2) is 5.65. The predicted molar refractivity (Wildman–Crippen MR) is 63.5 cm³/mol. The molecule has 1 atom stereocenters. The molecule has 0 aromatic carbocycles. The lowest BCUT2D eigenvalue weighted by molar-refractivity contribution is 0.182. The van der Waals surface area contributed by atoms with Crippen LogP contribution in [0.5, 0.6) is 0 Å². The Morgan fingerprint density at radius 1 is 1.44 bits per heavy atom. The van der Waals surface area contributed by atoms with Crippen molar-refractivity contribution in [3.05, 3.63) is 24.0 Å². The first-order valence-corrected chi connectivity index (χ1v) is 5.59. The standard InChI is InChI=1S/C11H15N5O2/c1-7-13-5-3-9(14-7)10-15-11(18-16-10)8(12)4-6-17-2/h3,5,8H,4,6,12H2,1-2H3. The molecule has 0 saturated carbocycles. The van der Waals surface area contributed by atoms with Crippen molar-refractivity contribution in [3.63, 3.8) is 0 Å². The van der Waals surface area contributed by atoms with E-state index in [2.05, 4.69) is 20.1 Å². The van der Waals surface area contributed by atoms with Gasteiger partial charge in [0.1, 0.15) is 11.5 Å². The van der Waals surface area contributed by atoms with E-state index in [0.717, 1.165) is 0 Å². The Bertz CT molecular complexity index is 514. The van der Waals surface area contributed by atoms with Gasteiger partial charge >= 0.3 is 0 Å². The maximum atomic E-state index is 5.89. The zero-order chi connectivity index (χ0) is 13.0. The van der Waals surface area contributed by atoms with Crippen molar-refractivity contribution >= 4 is 0 Å². The van der Waals surface area contributed by atoms with E-state index in [4.69, 9.17) is 15.0 Å². The molecule has 0 saturated heterocycles. The van der Waals surface area contributed by atoms with E-state index in [1.54, 1.807) is 26.3 Å². The average molecular weight is 249 g/mol. The van der Waals surface area contributed by atoms with Crippen LogP contribution in [0, 0.1) is 6.92 Å². The lowest BCUT2D eigenvalue weighted by atomic mass is 10.2. The van der Waals surface area contributed by atoms with E-state index in [-0.39, 0.29) is 6.04 Å². The van der Waals surface area contributed by atoms with Gasteiger partial charge in [0.15, 0.2) is 0 Å². The van der Waals surface area contributed by atoms with E-state index >= 15 is 0 Å². The Kier molecular flexibility index (Phi) is 3.96. The maximum Gasteiger partial charge on any atom is 0.244 e. The highest BCUT2D eigenvalue weighted by Crippen LogP contribution is 2.17. The van der Waals surface area contributed by atoms with Crippen LogP contribution >= 0.6 is 0 Å². The monoisotopic (exact) mass is 249 g/mol. The minimum atomic E-state index is -0.325. The van der Waals surface area contributed by atoms with Crippen molar-refractivity contribution < 1.29 is 9.26 Å². The van der Waals surface area contributed by atoms with Gasteiger partial charge in [-0.05, 0) is 19.4 Å². The molecule has 0 fully saturated rings. The molecule has 1 unspecified atom stereocenters. The number of nitrogens with zero attached hydrogens (tertiary/aromatic N) is 4. The molecular formula is C11H15N5O2. The van der Waals surface area contributed by atoms with Crippen LogP contribution in [-0.2, 0) is 4.74 Å². The Morgan fingerprint density at radius 2 is 2.28 bits per heavy atom. The van der Waals surface area contributed by atoms with Gasteiger partial charge in [0.25, 0.3) is 0 Å². The third-order valence-corrected chi connectivity index (χ3v) is 2.40. The summed E-state index contributed by atoms with van der Waals surface area (Å²) < 4.78 is 10.1. The number of nitrogens with two attached hydrogens (primary N) is 1. The van der Waals surface area contributed by atoms with E-state index in [1.807, 2.05) is 0 Å². The fourth-order valence-corrected chi connectivity index (χ4v) is 1.44. The number of aromatic nitrogens is 4. The summed E-state index contributed by atoms with van der Waals surface area (Å²) in [4.78, 5) is 12.5. The summed E-state index contributed by atoms with van der Waals surface area (Å²) in [7, 11) is 1.62. The maximum absolute atomic E-state index is 5.89. The lowest BCUT2D eigenvalue weighted by Gasteiger charge is -2.04. The van der Waals surface area contributed by atoms with Gasteiger partial charge in [-0.1, -0.05) is 5.16 Å². The topological polar surface area (TPSA) is 100.0 Å². The highest BCUT2D eigenvalue weighted by atomic mass is 16.5. The highest BCUT2D eigenvalue weighted by molar-refractivity contribution is 5.46. The molecule has 0 aliphatic heterocycles. The first kappa shape index (κ1) is 12.6. The molecule has 2 rings (SSSR count). The molecule has 18 heavy (non-hydrogen) atoms. The van der Waals surface area contributed by atoms with Crippen molar-refractivity contribution in [2.45, 2.75) is 19.4 Å². The van der Waals surface area contributed by atoms with Crippen LogP contribution in [0.1, 0.15) is 24.2 Å². The molecule has 0 aliphatic rings. The van der Waals surface area contributed by atoms with Crippen LogP contribution in [0.4, 0.5) is 0 Å². The van der Waals surface area contributed by atoms with E-state index in [1.165, 1.54) is 0 Å². The largest absolute Gasteiger partial charge is 0.385 e. The summed E-state index contributed by atoms with van der Waals surface area (Å²) >= 11 is 0. The zero-order valence-electron chi connectivity index (χ0n) is 10.3. The van der Waals surface area contributed by atoms with Crippen LogP contribution in [0.25, 0.3) is 11.5 Å². The average Bonchev–Trinajstić information content (AvgIpc) is 2.85. The van der Waals surface area contributed by atoms with Gasteiger partial charge in [0.2, 0.25) is 11.7 Å². The van der Waals surface area contributed by atoms with Crippen molar-refractivity contribution in [2.75, 3.05) is 13.7 Å². The molecule has 0 bridgehead atoms. The molecule has 0 aliphatic carbocycles. The number of methoxy groups -OCH3 is 1. The summed E-state index contributed by atoms with van der Waals surface area (Å²) in [6, 6.07) is 1.40. The minimum absolute atomic E-state index is 0.325. The first-order chi connectivity index (χ1) is 8.70. The molecule has 0 radical (unpaired) electrons. The van der Waals surface area contributed by atoms with Gasteiger partial charge in [-0.25, -0.2) is 9.97 Å². The highest BCUT2D eigenvalue weighted by Gasteiger charge is 2.16. The molecule has 0 spiro atoms. The second-order valence-electron chi connectivity index (χ2n) is 3.83. The van der Waals surface area contributed by atoms with Gasteiger partial charge in [-0.15, -0.1) is 0 Å². The van der Waals surface area contributed by atoms with Gasteiger partial charge in [0, 0.05) is 19.9 Å². The second-order valence-corrected chi connectivity index (χ2v) is 3.83. The van der Waals surface area contributed by atoms with E-state index < -0.39 is 0 Å². The minimum Gasteiger partial charge on any atom is -0.385 e. The SMILES string of the molecule is COCCC(N)c1nc(-c2ccnc(C)n2)no1. The summed E-state index contributed by atoms with van der Waals surface area (Å²) in [5, 5.41) is 3.86. The Morgan fingerprint density at radius 3 is 3.00 bits per heavy atom. The van der Waals surface area contributed by atoms with Crippen molar-refractivity contribution in [2.24, 2.45) is 5.73 Å². The molecule has 2 aromatic rings. The van der Waals surface area contributed by atoms with Gasteiger partial charge in [-0.3, -0.25) is 0 Å². The zero-order valence-corrected chi connectivity index (χ0v) is 10.3. The molecule has 7 heteroatoms. The molecule has 2 heterocycles. The third-order valence-electron chi connectivity index (χ3n) is 2.40. The van der Waals surface area contributed by atoms with Crippen molar-refractivity contribution in [3.8, 4) is 11.5 Å². The molecule has 2 aromatic heterocycles. The van der Waals surface area contributed by atoms with E-state index in [9.17, 15) is 0 Å². The quantitative estimate of drug-likeness (QED) is 0.839. The van der Waals surface area contributed by atoms with Crippen LogP contribution < -0.4 is 5.73 Å². The third kappa shape index (κ3) is 2.88. The summed E-state index contributed by atoms with van der Waals surface area (Å²) in [5.41, 5.74) is 6.52. The number of ether oxygens (including phenoxy) is 1. The molecule has 7 nitrogen and oxygen atoms in total. The molecule has 2 N–H and O–H groups in total. The van der Waals surface area contributed by atoms with Gasteiger partial charge in [-0.2, -0.15) is 4.98 Å². The van der Waals surface area contributed by atoms with Crippen LogP contribution in [0.15, 0.2) is 16.8 Å². The Hall–Kier alpha value is -1.86. The van der Waals surface area contributed by atoms with E-state index in [0.29, 0.717) is 36.3 Å². The fraction of sp³-hybridized carbons (Fsp3) is 0.455. The number of aryl methyl sites for hydroxylation is 1. The van der Waals surface area contributed by atoms with Crippen LogP contribution in [0.2, 0.25) is 0 Å². The predicted octanol–water partition coefficient (Wildman–Crippen LogP) is 0.871. The number of hydrogen-bond acceptors (Lipinski definition) is 7. The fourth-order valence-electron chi connectivity index (χ4n) is 1.44. The van der Waals surface area contributed by atoms with Crippen molar-refractivity contribution in [1.82, 2.24) is 20.1 Å². The summed E-state index contributed by atoms with van der Waals surface area (Å²) in [6.07, 6.45) is 2.28. The van der Waals surface area contributed by atoms with Crippen LogP contribution in [-0.4, -0.2) is 33.8 Å². The van der Waals surface area contributed by atoms with Gasteiger partial charge in [0.05, 0.1) is 6.04 Å². The van der Waals surface area contributed by atoms with Crippen LogP contribution in [0.3, 0.4) is 0 Å². The molecule has 0 amide bonds. The normalized spacial score (nSPS) is 12.6. The molecular weight excluding hydrogens is 234 g/mol.